The maximum atomic E-state index is 12.0. The Balaban J connectivity index is 2.79. The number of carbonyl (C=O) groups excluding carboxylic acids is 1. The van der Waals surface area contributed by atoms with Crippen molar-refractivity contribution in [2.24, 2.45) is 0 Å². The Kier molecular flexibility index (Phi) is 5.34. The first-order valence-electron chi connectivity index (χ1n) is 5.97. The molecule has 0 saturated heterocycles. The lowest BCUT2D eigenvalue weighted by molar-refractivity contribution is -0.129. The van der Waals surface area contributed by atoms with Crippen LogP contribution in [0, 0.1) is 6.92 Å². The first-order chi connectivity index (χ1) is 8.49. The zero-order valence-electron chi connectivity index (χ0n) is 11.3. The van der Waals surface area contributed by atoms with Crippen molar-refractivity contribution in [2.45, 2.75) is 20.8 Å². The zero-order chi connectivity index (χ0) is 13.7. The normalized spacial score (nSPS) is 10.3. The van der Waals surface area contributed by atoms with E-state index in [2.05, 4.69) is 9.97 Å². The molecule has 6 heteroatoms. The standard InChI is InChI=1S/C12H19ClN4O/c1-5-17(6-2)10(18)8-16(4)11-9(3)7-14-12(13)15-11/h7H,5-6,8H2,1-4H3. The molecule has 1 heterocycles. The third kappa shape index (κ3) is 3.57. The lowest BCUT2D eigenvalue weighted by Crippen LogP contribution is -2.39. The number of halogens is 1. The van der Waals surface area contributed by atoms with Crippen LogP contribution in [0.2, 0.25) is 5.28 Å². The van der Waals surface area contributed by atoms with Gasteiger partial charge in [-0.2, -0.15) is 0 Å². The van der Waals surface area contributed by atoms with Gasteiger partial charge in [-0.1, -0.05) is 0 Å². The highest BCUT2D eigenvalue weighted by Gasteiger charge is 2.15. The van der Waals surface area contributed by atoms with E-state index in [1.165, 1.54) is 0 Å². The molecule has 1 rings (SSSR count). The number of nitrogens with zero attached hydrogens (tertiary/aromatic N) is 4. The minimum Gasteiger partial charge on any atom is -0.350 e. The van der Waals surface area contributed by atoms with E-state index in [1.54, 1.807) is 16.0 Å². The van der Waals surface area contributed by atoms with Gasteiger partial charge in [0, 0.05) is 31.9 Å². The van der Waals surface area contributed by atoms with Gasteiger partial charge in [0.25, 0.3) is 0 Å². The fourth-order valence-corrected chi connectivity index (χ4v) is 1.88. The number of aryl methyl sites for hydroxylation is 1. The minimum absolute atomic E-state index is 0.0802. The highest BCUT2D eigenvalue weighted by atomic mass is 35.5. The highest BCUT2D eigenvalue weighted by molar-refractivity contribution is 6.28. The quantitative estimate of drug-likeness (QED) is 0.765. The molecule has 0 aromatic carbocycles. The van der Waals surface area contributed by atoms with Gasteiger partial charge in [0.05, 0.1) is 6.54 Å². The van der Waals surface area contributed by atoms with Gasteiger partial charge < -0.3 is 9.80 Å². The number of rotatable bonds is 5. The van der Waals surface area contributed by atoms with Gasteiger partial charge in [0.2, 0.25) is 11.2 Å². The molecule has 0 aliphatic rings. The SMILES string of the molecule is CCN(CC)C(=O)CN(C)c1nc(Cl)ncc1C. The molecule has 0 radical (unpaired) electrons. The van der Waals surface area contributed by atoms with Gasteiger partial charge in [-0.3, -0.25) is 4.79 Å². The maximum absolute atomic E-state index is 12.0. The molecule has 0 spiro atoms. The summed E-state index contributed by atoms with van der Waals surface area (Å²) in [5.41, 5.74) is 0.897. The number of aromatic nitrogens is 2. The molecule has 1 aromatic heterocycles. The smallest absolute Gasteiger partial charge is 0.242 e. The van der Waals surface area contributed by atoms with E-state index < -0.39 is 0 Å². The predicted molar refractivity (Wildman–Crippen MR) is 73.0 cm³/mol. The van der Waals surface area contributed by atoms with Crippen LogP contribution in [0.3, 0.4) is 0 Å². The van der Waals surface area contributed by atoms with Crippen LogP contribution in [-0.2, 0) is 4.79 Å². The van der Waals surface area contributed by atoms with Gasteiger partial charge in [0.15, 0.2) is 0 Å². The maximum Gasteiger partial charge on any atom is 0.242 e. The Hall–Kier alpha value is -1.36. The fraction of sp³-hybridized carbons (Fsp3) is 0.583. The fourth-order valence-electron chi connectivity index (χ4n) is 1.75. The monoisotopic (exact) mass is 270 g/mol. The number of carbonyl (C=O) groups is 1. The van der Waals surface area contributed by atoms with Crippen LogP contribution < -0.4 is 4.90 Å². The van der Waals surface area contributed by atoms with Crippen LogP contribution in [-0.4, -0.2) is 47.5 Å². The van der Waals surface area contributed by atoms with Gasteiger partial charge in [0.1, 0.15) is 5.82 Å². The van der Waals surface area contributed by atoms with E-state index in [0.717, 1.165) is 5.56 Å². The average molecular weight is 271 g/mol. The number of hydrogen-bond donors (Lipinski definition) is 0. The van der Waals surface area contributed by atoms with Gasteiger partial charge >= 0.3 is 0 Å². The van der Waals surface area contributed by atoms with Crippen LogP contribution in [0.4, 0.5) is 5.82 Å². The molecule has 0 bridgehead atoms. The minimum atomic E-state index is 0.0802. The first-order valence-corrected chi connectivity index (χ1v) is 6.35. The number of amides is 1. The van der Waals surface area contributed by atoms with Crippen LogP contribution in [0.1, 0.15) is 19.4 Å². The number of likely N-dealkylation sites (N-methyl/N-ethyl adjacent to an activating group) is 2. The molecule has 1 aromatic rings. The molecule has 0 saturated carbocycles. The lowest BCUT2D eigenvalue weighted by atomic mass is 10.3. The summed E-state index contributed by atoms with van der Waals surface area (Å²) in [4.78, 5) is 23.6. The molecule has 0 unspecified atom stereocenters. The second kappa shape index (κ2) is 6.54. The van der Waals surface area contributed by atoms with Crippen molar-refractivity contribution < 1.29 is 4.79 Å². The second-order valence-electron chi connectivity index (χ2n) is 4.07. The van der Waals surface area contributed by atoms with Crippen molar-refractivity contribution in [1.82, 2.24) is 14.9 Å². The molecule has 0 aliphatic heterocycles. The molecule has 0 fully saturated rings. The molecule has 5 nitrogen and oxygen atoms in total. The molecule has 18 heavy (non-hydrogen) atoms. The van der Waals surface area contributed by atoms with E-state index >= 15 is 0 Å². The van der Waals surface area contributed by atoms with E-state index in [9.17, 15) is 4.79 Å². The molecule has 100 valence electrons. The average Bonchev–Trinajstić information content (AvgIpc) is 2.33. The Morgan fingerprint density at radius 3 is 2.56 bits per heavy atom. The molecule has 0 aliphatic carbocycles. The van der Waals surface area contributed by atoms with E-state index in [0.29, 0.717) is 18.9 Å². The van der Waals surface area contributed by atoms with Crippen molar-refractivity contribution in [3.63, 3.8) is 0 Å². The summed E-state index contributed by atoms with van der Waals surface area (Å²) in [7, 11) is 1.83. The zero-order valence-corrected chi connectivity index (χ0v) is 12.0. The molecule has 0 atom stereocenters. The van der Waals surface area contributed by atoms with E-state index in [4.69, 9.17) is 11.6 Å². The van der Waals surface area contributed by atoms with Gasteiger partial charge in [-0.25, -0.2) is 9.97 Å². The first kappa shape index (κ1) is 14.7. The summed E-state index contributed by atoms with van der Waals surface area (Å²) in [5.74, 6) is 0.771. The summed E-state index contributed by atoms with van der Waals surface area (Å²) >= 11 is 5.77. The van der Waals surface area contributed by atoms with Crippen molar-refractivity contribution in [2.75, 3.05) is 31.6 Å². The Morgan fingerprint density at radius 1 is 1.39 bits per heavy atom. The summed E-state index contributed by atoms with van der Waals surface area (Å²) in [6.07, 6.45) is 1.66. The topological polar surface area (TPSA) is 49.3 Å². The Labute approximate surface area is 113 Å². The third-order valence-corrected chi connectivity index (χ3v) is 2.95. The third-order valence-electron chi connectivity index (χ3n) is 2.77. The van der Waals surface area contributed by atoms with Crippen LogP contribution in [0.15, 0.2) is 6.20 Å². The predicted octanol–water partition coefficient (Wildman–Crippen LogP) is 1.74. The Morgan fingerprint density at radius 2 is 2.00 bits per heavy atom. The Bertz CT molecular complexity index is 421. The van der Waals surface area contributed by atoms with Gasteiger partial charge in [-0.05, 0) is 32.4 Å². The van der Waals surface area contributed by atoms with Crippen LogP contribution in [0.5, 0.6) is 0 Å². The molecule has 0 N–H and O–H groups in total. The summed E-state index contributed by atoms with van der Waals surface area (Å²) in [6.45, 7) is 7.54. The van der Waals surface area contributed by atoms with Crippen LogP contribution in [0.25, 0.3) is 0 Å². The van der Waals surface area contributed by atoms with Crippen molar-refractivity contribution in [1.29, 1.82) is 0 Å². The molecular formula is C12H19ClN4O. The number of anilines is 1. The summed E-state index contributed by atoms with van der Waals surface area (Å²) in [5, 5.41) is 0.192. The second-order valence-corrected chi connectivity index (χ2v) is 4.41. The lowest BCUT2D eigenvalue weighted by Gasteiger charge is -2.24. The number of hydrogen-bond acceptors (Lipinski definition) is 4. The van der Waals surface area contributed by atoms with E-state index in [-0.39, 0.29) is 17.7 Å². The summed E-state index contributed by atoms with van der Waals surface area (Å²) in [6, 6.07) is 0. The van der Waals surface area contributed by atoms with Crippen molar-refractivity contribution in [3.05, 3.63) is 17.0 Å². The summed E-state index contributed by atoms with van der Waals surface area (Å²) < 4.78 is 0. The van der Waals surface area contributed by atoms with Gasteiger partial charge in [-0.15, -0.1) is 0 Å². The van der Waals surface area contributed by atoms with Crippen molar-refractivity contribution in [3.8, 4) is 0 Å². The highest BCUT2D eigenvalue weighted by Crippen LogP contribution is 2.16. The largest absolute Gasteiger partial charge is 0.350 e. The van der Waals surface area contributed by atoms with Crippen LogP contribution >= 0.6 is 11.6 Å². The van der Waals surface area contributed by atoms with E-state index in [1.807, 2.05) is 27.8 Å². The molecule has 1 amide bonds. The molecular weight excluding hydrogens is 252 g/mol. The van der Waals surface area contributed by atoms with Crippen molar-refractivity contribution >= 4 is 23.3 Å².